The summed E-state index contributed by atoms with van der Waals surface area (Å²) >= 11 is 0. The lowest BCUT2D eigenvalue weighted by Crippen LogP contribution is -2.71. The quantitative estimate of drug-likeness (QED) is 0.326. The summed E-state index contributed by atoms with van der Waals surface area (Å²) in [5, 5.41) is 13.4. The number of fused-ring (bicyclic) bond motifs is 2. The van der Waals surface area contributed by atoms with E-state index < -0.39 is 47.4 Å². The fourth-order valence-corrected chi connectivity index (χ4v) is 6.59. The average Bonchev–Trinajstić information content (AvgIpc) is 3.41. The molecule has 42 heavy (non-hydrogen) atoms. The molecule has 1 aliphatic heterocycles. The van der Waals surface area contributed by atoms with Crippen molar-refractivity contribution in [1.29, 1.82) is 0 Å². The van der Waals surface area contributed by atoms with Crippen LogP contribution in [0.25, 0.3) is 5.69 Å². The Balaban J connectivity index is 1.18. The molecule has 0 radical (unpaired) electrons. The predicted molar refractivity (Wildman–Crippen MR) is 131 cm³/mol. The van der Waals surface area contributed by atoms with Crippen molar-refractivity contribution in [3.05, 3.63) is 59.0 Å². The number of carboxylic acids is 1. The summed E-state index contributed by atoms with van der Waals surface area (Å²) in [6.07, 6.45) is -6.38. The number of carboxylic acid groups (broad SMARTS) is 1. The number of aliphatic carboxylic acids is 1. The number of rotatable bonds is 7. The largest absolute Gasteiger partial charge is 0.586 e. The van der Waals surface area contributed by atoms with Crippen LogP contribution in [0.1, 0.15) is 73.8 Å². The van der Waals surface area contributed by atoms with Gasteiger partial charge < -0.3 is 24.1 Å². The van der Waals surface area contributed by atoms with Crippen LogP contribution in [0.4, 0.5) is 22.0 Å². The number of alkyl halides is 5. The summed E-state index contributed by atoms with van der Waals surface area (Å²) < 4.78 is 91.5. The first-order valence-corrected chi connectivity index (χ1v) is 13.4. The lowest BCUT2D eigenvalue weighted by molar-refractivity contribution is -0.300. The maximum absolute atomic E-state index is 14.1. The SMILES string of the molecule is CC(Oc1cc(-n2nc(C(F)(F)F)c3c2[C@@H](OC24CC(C(=O)O)(C2)C4)CCC3)ccn1)c1ccc2c(c1)OC(F)(F)O2. The highest BCUT2D eigenvalue weighted by molar-refractivity contribution is 5.79. The Morgan fingerprint density at radius 2 is 1.88 bits per heavy atom. The average molecular weight is 594 g/mol. The fourth-order valence-electron chi connectivity index (χ4n) is 6.59. The van der Waals surface area contributed by atoms with Crippen LogP contribution >= 0.6 is 0 Å². The van der Waals surface area contributed by atoms with E-state index in [-0.39, 0.29) is 40.7 Å². The first-order valence-electron chi connectivity index (χ1n) is 13.4. The summed E-state index contributed by atoms with van der Waals surface area (Å²) in [7, 11) is 0. The van der Waals surface area contributed by atoms with E-state index in [1.807, 2.05) is 0 Å². The molecule has 2 bridgehead atoms. The molecule has 0 amide bonds. The van der Waals surface area contributed by atoms with E-state index in [4.69, 9.17) is 9.47 Å². The minimum Gasteiger partial charge on any atom is -0.481 e. The number of halogens is 5. The van der Waals surface area contributed by atoms with E-state index in [1.54, 1.807) is 6.92 Å². The van der Waals surface area contributed by atoms with Crippen molar-refractivity contribution in [3.8, 4) is 23.1 Å². The van der Waals surface area contributed by atoms with Crippen molar-refractivity contribution in [2.24, 2.45) is 5.41 Å². The molecule has 8 rings (SSSR count). The molecule has 9 nitrogen and oxygen atoms in total. The van der Waals surface area contributed by atoms with Crippen molar-refractivity contribution in [2.45, 2.75) is 75.7 Å². The standard InChI is InChI=1S/C28H24F5N3O6/c1-14(15-5-6-18-20(9-15)42-28(32,33)41-18)39-21-10-16(7-8-34-21)36-22-17(23(35-36)27(29,30)31)3-2-4-19(22)40-26-11-25(12-26,13-26)24(37)38/h5-10,14,19H,2-4,11-13H2,1H3,(H,37,38)/t14?,19-,25?,26?/m0/s1. The first-order chi connectivity index (χ1) is 19.8. The number of carbonyl (C=O) groups is 1. The summed E-state index contributed by atoms with van der Waals surface area (Å²) in [4.78, 5) is 15.7. The molecule has 3 heterocycles. The van der Waals surface area contributed by atoms with Crippen molar-refractivity contribution in [3.63, 3.8) is 0 Å². The van der Waals surface area contributed by atoms with Crippen molar-refractivity contribution < 1.29 is 50.8 Å². The monoisotopic (exact) mass is 593 g/mol. The third-order valence-corrected chi connectivity index (χ3v) is 8.47. The van der Waals surface area contributed by atoms with Crippen LogP contribution in [0.3, 0.4) is 0 Å². The molecule has 222 valence electrons. The molecular weight excluding hydrogens is 569 g/mol. The summed E-state index contributed by atoms with van der Waals surface area (Å²) in [5.41, 5.74) is -1.35. The Hall–Kier alpha value is -3.94. The maximum Gasteiger partial charge on any atom is 0.586 e. The highest BCUT2D eigenvalue weighted by Gasteiger charge is 2.73. The zero-order valence-electron chi connectivity index (χ0n) is 22.1. The van der Waals surface area contributed by atoms with E-state index in [9.17, 15) is 31.9 Å². The molecule has 4 aliphatic carbocycles. The topological polar surface area (TPSA) is 105 Å². The van der Waals surface area contributed by atoms with Gasteiger partial charge in [0.1, 0.15) is 12.2 Å². The second-order valence-electron chi connectivity index (χ2n) is 11.4. The molecule has 1 unspecified atom stereocenters. The Kier molecular flexibility index (Phi) is 5.63. The minimum absolute atomic E-state index is 0.0584. The van der Waals surface area contributed by atoms with Crippen LogP contribution < -0.4 is 14.2 Å². The van der Waals surface area contributed by atoms with Gasteiger partial charge in [0.25, 0.3) is 0 Å². The van der Waals surface area contributed by atoms with Crippen LogP contribution in [0, 0.1) is 5.41 Å². The van der Waals surface area contributed by atoms with Crippen molar-refractivity contribution in [1.82, 2.24) is 14.8 Å². The molecule has 1 aromatic carbocycles. The number of hydrogen-bond acceptors (Lipinski definition) is 7. The molecule has 2 atom stereocenters. The van der Waals surface area contributed by atoms with Crippen molar-refractivity contribution in [2.75, 3.05) is 0 Å². The van der Waals surface area contributed by atoms with Crippen LogP contribution in [0.15, 0.2) is 36.5 Å². The molecule has 0 spiro atoms. The third-order valence-electron chi connectivity index (χ3n) is 8.47. The lowest BCUT2D eigenvalue weighted by Gasteiger charge is -2.67. The highest BCUT2D eigenvalue weighted by Crippen LogP contribution is 2.70. The number of aromatic nitrogens is 3. The number of ether oxygens (including phenoxy) is 4. The lowest BCUT2D eigenvalue weighted by atomic mass is 9.41. The van der Waals surface area contributed by atoms with E-state index in [0.717, 1.165) is 0 Å². The molecule has 14 heteroatoms. The molecule has 1 N–H and O–H groups in total. The van der Waals surface area contributed by atoms with Gasteiger partial charge in [-0.2, -0.15) is 18.3 Å². The maximum atomic E-state index is 14.1. The second-order valence-corrected chi connectivity index (χ2v) is 11.4. The minimum atomic E-state index is -4.70. The van der Waals surface area contributed by atoms with Crippen LogP contribution in [-0.4, -0.2) is 37.7 Å². The van der Waals surface area contributed by atoms with Crippen LogP contribution in [0.2, 0.25) is 0 Å². The number of nitrogens with zero attached hydrogens (tertiary/aromatic N) is 3. The van der Waals surface area contributed by atoms with Gasteiger partial charge in [-0.15, -0.1) is 8.78 Å². The number of benzene rings is 1. The van der Waals surface area contributed by atoms with Gasteiger partial charge in [0, 0.05) is 17.8 Å². The van der Waals surface area contributed by atoms with Crippen LogP contribution in [-0.2, 0) is 22.1 Å². The number of pyridine rings is 1. The normalized spacial score (nSPS) is 27.4. The van der Waals surface area contributed by atoms with Gasteiger partial charge in [0.05, 0.1) is 22.4 Å². The van der Waals surface area contributed by atoms with Gasteiger partial charge in [-0.1, -0.05) is 6.07 Å². The van der Waals surface area contributed by atoms with Gasteiger partial charge in [-0.25, -0.2) is 9.67 Å². The summed E-state index contributed by atoms with van der Waals surface area (Å²) in [5.74, 6) is -1.08. The third kappa shape index (κ3) is 4.26. The Bertz CT molecular complexity index is 1590. The van der Waals surface area contributed by atoms with Gasteiger partial charge >= 0.3 is 18.4 Å². The Morgan fingerprint density at radius 1 is 1.14 bits per heavy atom. The van der Waals surface area contributed by atoms with Gasteiger partial charge in [-0.05, 0) is 69.2 Å². The van der Waals surface area contributed by atoms with Gasteiger partial charge in [0.2, 0.25) is 5.88 Å². The van der Waals surface area contributed by atoms with Gasteiger partial charge in [0.15, 0.2) is 17.2 Å². The van der Waals surface area contributed by atoms with Crippen LogP contribution in [0.5, 0.6) is 17.4 Å². The Morgan fingerprint density at radius 3 is 2.60 bits per heavy atom. The summed E-state index contributed by atoms with van der Waals surface area (Å²) in [6, 6.07) is 7.15. The highest BCUT2D eigenvalue weighted by atomic mass is 19.4. The summed E-state index contributed by atoms with van der Waals surface area (Å²) in [6.45, 7) is 1.65. The molecule has 5 aliphatic rings. The van der Waals surface area contributed by atoms with E-state index in [1.165, 1.54) is 41.2 Å². The smallest absolute Gasteiger partial charge is 0.481 e. The molecule has 3 fully saturated rings. The predicted octanol–water partition coefficient (Wildman–Crippen LogP) is 6.15. The van der Waals surface area contributed by atoms with Gasteiger partial charge in [-0.3, -0.25) is 4.79 Å². The van der Waals surface area contributed by atoms with E-state index >= 15 is 0 Å². The van der Waals surface area contributed by atoms with E-state index in [2.05, 4.69) is 19.6 Å². The number of hydrogen-bond donors (Lipinski definition) is 1. The van der Waals surface area contributed by atoms with E-state index in [0.29, 0.717) is 37.7 Å². The Labute approximate surface area is 235 Å². The molecule has 2 aromatic heterocycles. The zero-order valence-corrected chi connectivity index (χ0v) is 22.1. The molecular formula is C28H24F5N3O6. The zero-order chi connectivity index (χ0) is 29.7. The van der Waals surface area contributed by atoms with Crippen molar-refractivity contribution >= 4 is 5.97 Å². The fraction of sp³-hybridized carbons (Fsp3) is 0.464. The first kappa shape index (κ1) is 26.9. The molecule has 3 saturated carbocycles. The molecule has 0 saturated heterocycles. The second kappa shape index (κ2) is 8.79. The molecule has 3 aromatic rings.